The summed E-state index contributed by atoms with van der Waals surface area (Å²) >= 11 is 0. The predicted octanol–water partition coefficient (Wildman–Crippen LogP) is 6.03. The molecule has 0 radical (unpaired) electrons. The van der Waals surface area contributed by atoms with Crippen LogP contribution in [-0.2, 0) is 52.8 Å². The van der Waals surface area contributed by atoms with E-state index in [2.05, 4.69) is 89.2 Å². The topological polar surface area (TPSA) is 159 Å². The van der Waals surface area contributed by atoms with Crippen LogP contribution in [0.2, 0.25) is 0 Å². The number of ether oxygens (including phenoxy) is 2. The van der Waals surface area contributed by atoms with Crippen LogP contribution < -0.4 is 10.7 Å². The highest BCUT2D eigenvalue weighted by atomic mass is 16.5. The van der Waals surface area contributed by atoms with Gasteiger partial charge in [-0.25, -0.2) is 5.43 Å². The van der Waals surface area contributed by atoms with Gasteiger partial charge in [0.1, 0.15) is 18.1 Å². The Bertz CT molecular complexity index is 2660. The Morgan fingerprint density at radius 1 is 1.00 bits per heavy atom. The predicted molar refractivity (Wildman–Crippen MR) is 271 cm³/mol. The molecule has 15 heteroatoms. The molecule has 2 saturated heterocycles. The second kappa shape index (κ2) is 21.9. The standard InChI is InChI=1S/C55H72N8O7/c1-12-62-46-22-21-39-30-42(46)43(50(62)41-18-14-25-56-48(41)36(5)69-11)31-55(6,7)33-70-54(68)44-19-15-26-63(58-44)53(67)45(29-37-16-13-17-38(39)28-37)57-51(65)49(34(2)3)60(10)52(66)40-24-27-61(32-40)35(4)20-23-47(64)59(8)9/h13-14,16-18,21-22,25,28,30,34-36,40,44-45,49,58H,12,15,19,24,26-27,29,31-33H2,1-11H3,(H,57,65)/t35?,36-,40-,44-,45-,49-/m0/s1. The van der Waals surface area contributed by atoms with Crippen LogP contribution in [0.5, 0.6) is 0 Å². The monoisotopic (exact) mass is 957 g/mol. The number of likely N-dealkylation sites (N-methyl/N-ethyl adjacent to an activating group) is 1. The minimum atomic E-state index is -1.04. The molecule has 6 bridgehead atoms. The van der Waals surface area contributed by atoms with E-state index in [0.717, 1.165) is 50.1 Å². The number of aromatic nitrogens is 2. The first-order valence-corrected chi connectivity index (χ1v) is 24.8. The molecule has 2 fully saturated rings. The highest BCUT2D eigenvalue weighted by Gasteiger charge is 2.40. The number of methoxy groups -OCH3 is 1. The molecule has 70 heavy (non-hydrogen) atoms. The summed E-state index contributed by atoms with van der Waals surface area (Å²) in [7, 11) is 6.65. The molecular weight excluding hydrogens is 885 g/mol. The van der Waals surface area contributed by atoms with Gasteiger partial charge in [0.2, 0.25) is 11.8 Å². The van der Waals surface area contributed by atoms with Gasteiger partial charge in [-0.15, -0.1) is 0 Å². The summed E-state index contributed by atoms with van der Waals surface area (Å²) in [6.45, 7) is 16.3. The number of hydrogen-bond acceptors (Lipinski definition) is 10. The van der Waals surface area contributed by atoms with Crippen molar-refractivity contribution in [2.24, 2.45) is 17.3 Å². The maximum absolute atomic E-state index is 14.8. The molecule has 2 N–H and O–H groups in total. The maximum Gasteiger partial charge on any atom is 0.324 e. The SMILES string of the molecule is CCn1c(-c2cccnc2[C@H](C)OC)c2c3cc(ccc31)-c1cccc(c1)C[C@H](NC(=O)[C@H](C(C)C)N(C)C(=O)[C@H]1CCN(C(C)C#CC(=O)N(C)C)C1)C(=O)N1CCC[C@H](N1)C(=O)OCC(C)(C)C2. The van der Waals surface area contributed by atoms with Crippen molar-refractivity contribution in [1.82, 2.24) is 40.0 Å². The summed E-state index contributed by atoms with van der Waals surface area (Å²) in [4.78, 5) is 79.6. The quantitative estimate of drug-likeness (QED) is 0.142. The number of rotatable bonds is 10. The third-order valence-corrected chi connectivity index (χ3v) is 14.2. The molecule has 2 aromatic carbocycles. The van der Waals surface area contributed by atoms with E-state index in [0.29, 0.717) is 51.9 Å². The number of hydrazine groups is 1. The Morgan fingerprint density at radius 2 is 1.76 bits per heavy atom. The lowest BCUT2D eigenvalue weighted by Gasteiger charge is -2.37. The molecule has 7 rings (SSSR count). The summed E-state index contributed by atoms with van der Waals surface area (Å²) in [6, 6.07) is 15.7. The molecule has 0 spiro atoms. The van der Waals surface area contributed by atoms with Crippen molar-refractivity contribution in [3.63, 3.8) is 0 Å². The maximum atomic E-state index is 14.8. The zero-order valence-corrected chi connectivity index (χ0v) is 42.9. The van der Waals surface area contributed by atoms with Gasteiger partial charge in [-0.2, -0.15) is 0 Å². The highest BCUT2D eigenvalue weighted by molar-refractivity contribution is 5.96. The Labute approximate surface area is 413 Å². The number of benzene rings is 2. The Morgan fingerprint density at radius 3 is 2.47 bits per heavy atom. The van der Waals surface area contributed by atoms with Crippen LogP contribution in [0.3, 0.4) is 0 Å². The largest absolute Gasteiger partial charge is 0.464 e. The van der Waals surface area contributed by atoms with Crippen LogP contribution in [0.15, 0.2) is 60.8 Å². The molecule has 1 unspecified atom stereocenters. The summed E-state index contributed by atoms with van der Waals surface area (Å²) in [6.07, 6.45) is 3.89. The van der Waals surface area contributed by atoms with Gasteiger partial charge in [-0.05, 0) is 105 Å². The van der Waals surface area contributed by atoms with E-state index in [1.807, 2.05) is 45.9 Å². The highest BCUT2D eigenvalue weighted by Crippen LogP contribution is 2.42. The number of esters is 1. The van der Waals surface area contributed by atoms with E-state index >= 15 is 0 Å². The van der Waals surface area contributed by atoms with Gasteiger partial charge in [0.25, 0.3) is 11.8 Å². The number of carbonyl (C=O) groups is 5. The third kappa shape index (κ3) is 11.3. The minimum Gasteiger partial charge on any atom is -0.464 e. The average molecular weight is 957 g/mol. The molecule has 2 aromatic heterocycles. The zero-order valence-electron chi connectivity index (χ0n) is 42.9. The minimum absolute atomic E-state index is 0.137. The van der Waals surface area contributed by atoms with Crippen LogP contribution in [0, 0.1) is 29.1 Å². The molecule has 374 valence electrons. The van der Waals surface area contributed by atoms with Gasteiger partial charge in [0, 0.05) is 88.9 Å². The van der Waals surface area contributed by atoms with Crippen molar-refractivity contribution < 1.29 is 33.4 Å². The molecule has 4 aromatic rings. The van der Waals surface area contributed by atoms with Crippen molar-refractivity contribution in [3.05, 3.63) is 77.6 Å². The number of cyclic esters (lactones) is 1. The number of fused-ring (bicyclic) bond motifs is 6. The number of likely N-dealkylation sites (tertiary alicyclic amines) is 1. The van der Waals surface area contributed by atoms with Gasteiger partial charge in [0.15, 0.2) is 0 Å². The fraction of sp³-hybridized carbons (Fsp3) is 0.527. The zero-order chi connectivity index (χ0) is 50.6. The molecule has 6 atom stereocenters. The molecule has 3 aliphatic rings. The van der Waals surface area contributed by atoms with Crippen LogP contribution >= 0.6 is 0 Å². The fourth-order valence-corrected chi connectivity index (χ4v) is 10.3. The third-order valence-electron chi connectivity index (χ3n) is 14.2. The van der Waals surface area contributed by atoms with Gasteiger partial charge in [-0.3, -0.25) is 38.9 Å². The molecule has 4 amide bonds. The number of amides is 4. The molecule has 3 aliphatic heterocycles. The summed E-state index contributed by atoms with van der Waals surface area (Å²) in [5.41, 5.74) is 10.5. The first-order chi connectivity index (χ1) is 33.3. The molecule has 5 heterocycles. The fourth-order valence-electron chi connectivity index (χ4n) is 10.3. The van der Waals surface area contributed by atoms with E-state index in [9.17, 15) is 24.0 Å². The molecule has 0 saturated carbocycles. The average Bonchev–Trinajstić information content (AvgIpc) is 3.96. The normalized spacial score (nSPS) is 21.0. The van der Waals surface area contributed by atoms with E-state index in [1.54, 1.807) is 34.4 Å². The second-order valence-corrected chi connectivity index (χ2v) is 20.6. The lowest BCUT2D eigenvalue weighted by Crippen LogP contribution is -2.62. The summed E-state index contributed by atoms with van der Waals surface area (Å²) in [5, 5.41) is 5.63. The summed E-state index contributed by atoms with van der Waals surface area (Å²) < 4.78 is 14.3. The number of nitrogens with one attached hydrogen (secondary N) is 2. The number of pyridine rings is 1. The molecule has 15 nitrogen and oxygen atoms in total. The van der Waals surface area contributed by atoms with Crippen molar-refractivity contribution >= 4 is 40.5 Å². The Hall–Kier alpha value is -6.08. The van der Waals surface area contributed by atoms with Gasteiger partial charge < -0.3 is 29.2 Å². The lowest BCUT2D eigenvalue weighted by molar-refractivity contribution is -0.155. The Kier molecular flexibility index (Phi) is 16.2. The van der Waals surface area contributed by atoms with E-state index < -0.39 is 35.4 Å². The van der Waals surface area contributed by atoms with Crippen LogP contribution in [0.4, 0.5) is 0 Å². The van der Waals surface area contributed by atoms with E-state index in [4.69, 9.17) is 14.5 Å². The van der Waals surface area contributed by atoms with Crippen LogP contribution in [0.25, 0.3) is 33.3 Å². The molecular formula is C55H72N8O7. The van der Waals surface area contributed by atoms with Gasteiger partial charge >= 0.3 is 5.97 Å². The van der Waals surface area contributed by atoms with Crippen molar-refractivity contribution in [3.8, 4) is 34.2 Å². The van der Waals surface area contributed by atoms with Crippen molar-refractivity contribution in [2.75, 3.05) is 54.5 Å². The lowest BCUT2D eigenvalue weighted by atomic mass is 9.84. The first kappa shape index (κ1) is 51.8. The first-order valence-electron chi connectivity index (χ1n) is 24.8. The van der Waals surface area contributed by atoms with Crippen LogP contribution in [0.1, 0.15) is 90.7 Å². The van der Waals surface area contributed by atoms with Gasteiger partial charge in [-0.1, -0.05) is 63.9 Å². The Balaban J connectivity index is 1.24. The number of nitrogens with zero attached hydrogens (tertiary/aromatic N) is 6. The number of aryl methyl sites for hydroxylation is 1. The number of carbonyl (C=O) groups excluding carboxylic acids is 5. The number of hydrogen-bond donors (Lipinski definition) is 2. The van der Waals surface area contributed by atoms with Crippen molar-refractivity contribution in [1.29, 1.82) is 0 Å². The van der Waals surface area contributed by atoms with Gasteiger partial charge in [0.05, 0.1) is 36.1 Å². The summed E-state index contributed by atoms with van der Waals surface area (Å²) in [5.74, 6) is 3.30. The smallest absolute Gasteiger partial charge is 0.324 e. The van der Waals surface area contributed by atoms with Crippen molar-refractivity contribution in [2.45, 2.75) is 117 Å². The second-order valence-electron chi connectivity index (χ2n) is 20.6. The van der Waals surface area contributed by atoms with Crippen LogP contribution in [-0.4, -0.2) is 138 Å². The van der Waals surface area contributed by atoms with E-state index in [1.165, 1.54) is 14.8 Å². The molecule has 0 aliphatic carbocycles. The van der Waals surface area contributed by atoms with E-state index in [-0.39, 0.29) is 54.7 Å².